The molecule has 0 aliphatic heterocycles. The zero-order chi connectivity index (χ0) is 8.69. The molecule has 1 saturated carbocycles. The summed E-state index contributed by atoms with van der Waals surface area (Å²) in [5.74, 6) is 4.95. The molecule has 68 valence electrons. The Bertz CT molecular complexity index is 88.2. The van der Waals surface area contributed by atoms with Crippen LogP contribution in [0.25, 0.3) is 0 Å². The zero-order valence-electron chi connectivity index (χ0n) is 7.42. The lowest BCUT2D eigenvalue weighted by Gasteiger charge is -2.23. The first-order valence-corrected chi connectivity index (χ1v) is 4.36. The van der Waals surface area contributed by atoms with Gasteiger partial charge in [-0.2, -0.15) is 0 Å². The molecule has 1 aliphatic carbocycles. The molecule has 11 heavy (non-hydrogen) atoms. The SMILES string of the molecule is CC.NOC1CCCC(O)C1. The van der Waals surface area contributed by atoms with Crippen molar-refractivity contribution in [1.82, 2.24) is 0 Å². The highest BCUT2D eigenvalue weighted by molar-refractivity contribution is 4.71. The van der Waals surface area contributed by atoms with Crippen molar-refractivity contribution in [3.8, 4) is 0 Å². The van der Waals surface area contributed by atoms with Crippen molar-refractivity contribution in [1.29, 1.82) is 0 Å². The zero-order valence-corrected chi connectivity index (χ0v) is 7.42. The molecule has 3 N–H and O–H groups in total. The van der Waals surface area contributed by atoms with Gasteiger partial charge < -0.3 is 9.94 Å². The van der Waals surface area contributed by atoms with Crippen LogP contribution >= 0.6 is 0 Å². The number of aliphatic hydroxyl groups excluding tert-OH is 1. The summed E-state index contributed by atoms with van der Waals surface area (Å²) in [4.78, 5) is 4.60. The van der Waals surface area contributed by atoms with Crippen LogP contribution in [0.4, 0.5) is 0 Å². The number of hydrogen-bond acceptors (Lipinski definition) is 3. The third-order valence-electron chi connectivity index (χ3n) is 1.79. The number of aliphatic hydroxyl groups is 1. The minimum atomic E-state index is -0.188. The van der Waals surface area contributed by atoms with Crippen LogP contribution in [0.3, 0.4) is 0 Å². The van der Waals surface area contributed by atoms with Crippen molar-refractivity contribution in [3.05, 3.63) is 0 Å². The van der Waals surface area contributed by atoms with E-state index in [-0.39, 0.29) is 12.2 Å². The Morgan fingerprint density at radius 1 is 1.36 bits per heavy atom. The first-order valence-electron chi connectivity index (χ1n) is 4.36. The van der Waals surface area contributed by atoms with Gasteiger partial charge in [0.15, 0.2) is 0 Å². The van der Waals surface area contributed by atoms with Gasteiger partial charge in [0.05, 0.1) is 12.2 Å². The predicted molar refractivity (Wildman–Crippen MR) is 44.9 cm³/mol. The van der Waals surface area contributed by atoms with Gasteiger partial charge in [-0.15, -0.1) is 0 Å². The van der Waals surface area contributed by atoms with Gasteiger partial charge in [0.25, 0.3) is 0 Å². The largest absolute Gasteiger partial charge is 0.393 e. The lowest BCUT2D eigenvalue weighted by atomic mass is 9.95. The van der Waals surface area contributed by atoms with Crippen LogP contribution in [0.5, 0.6) is 0 Å². The molecule has 1 rings (SSSR count). The van der Waals surface area contributed by atoms with Crippen molar-refractivity contribution in [2.45, 2.75) is 51.7 Å². The molecule has 0 heterocycles. The summed E-state index contributed by atoms with van der Waals surface area (Å²) in [7, 11) is 0. The number of nitrogens with two attached hydrogens (primary N) is 1. The second-order valence-electron chi connectivity index (χ2n) is 2.58. The fraction of sp³-hybridized carbons (Fsp3) is 1.00. The quantitative estimate of drug-likeness (QED) is 0.568. The fourth-order valence-corrected chi connectivity index (χ4v) is 1.24. The molecule has 0 aromatic heterocycles. The van der Waals surface area contributed by atoms with E-state index in [1.54, 1.807) is 0 Å². The van der Waals surface area contributed by atoms with Crippen LogP contribution in [0.15, 0.2) is 0 Å². The van der Waals surface area contributed by atoms with E-state index < -0.39 is 0 Å². The van der Waals surface area contributed by atoms with Crippen molar-refractivity contribution >= 4 is 0 Å². The van der Waals surface area contributed by atoms with Gasteiger partial charge in [0.1, 0.15) is 0 Å². The highest BCUT2D eigenvalue weighted by Crippen LogP contribution is 2.19. The van der Waals surface area contributed by atoms with E-state index in [2.05, 4.69) is 4.84 Å². The summed E-state index contributed by atoms with van der Waals surface area (Å²) in [6.45, 7) is 4.00. The van der Waals surface area contributed by atoms with Gasteiger partial charge in [0.2, 0.25) is 0 Å². The molecule has 0 radical (unpaired) electrons. The predicted octanol–water partition coefficient (Wildman–Crippen LogP) is 1.21. The molecule has 0 aromatic carbocycles. The van der Waals surface area contributed by atoms with E-state index in [0.29, 0.717) is 6.42 Å². The fourth-order valence-electron chi connectivity index (χ4n) is 1.24. The minimum Gasteiger partial charge on any atom is -0.393 e. The van der Waals surface area contributed by atoms with E-state index >= 15 is 0 Å². The molecule has 0 spiro atoms. The summed E-state index contributed by atoms with van der Waals surface area (Å²) < 4.78 is 0. The smallest absolute Gasteiger partial charge is 0.0812 e. The van der Waals surface area contributed by atoms with Gasteiger partial charge in [-0.05, 0) is 19.3 Å². The topological polar surface area (TPSA) is 55.5 Å². The molecule has 1 fully saturated rings. The van der Waals surface area contributed by atoms with E-state index in [1.807, 2.05) is 13.8 Å². The molecule has 1 aliphatic rings. The number of rotatable bonds is 1. The summed E-state index contributed by atoms with van der Waals surface area (Å²) in [5, 5.41) is 9.08. The third-order valence-corrected chi connectivity index (χ3v) is 1.79. The third kappa shape index (κ3) is 4.35. The Balaban J connectivity index is 0.000000461. The lowest BCUT2D eigenvalue weighted by Crippen LogP contribution is -2.27. The maximum atomic E-state index is 9.08. The standard InChI is InChI=1S/C6H13NO2.C2H6/c7-9-6-3-1-2-5(8)4-6;1-2/h5-6,8H,1-4,7H2;1-2H3. The Morgan fingerprint density at radius 3 is 2.36 bits per heavy atom. The van der Waals surface area contributed by atoms with Crippen LogP contribution in [0.1, 0.15) is 39.5 Å². The molecular formula is C8H19NO2. The van der Waals surface area contributed by atoms with E-state index in [1.165, 1.54) is 0 Å². The van der Waals surface area contributed by atoms with Crippen LogP contribution in [0, 0.1) is 0 Å². The molecule has 0 saturated heterocycles. The highest BCUT2D eigenvalue weighted by Gasteiger charge is 2.19. The van der Waals surface area contributed by atoms with Crippen molar-refractivity contribution in [2.75, 3.05) is 0 Å². The molecule has 3 nitrogen and oxygen atoms in total. The first-order chi connectivity index (χ1) is 5.33. The van der Waals surface area contributed by atoms with Crippen molar-refractivity contribution in [3.63, 3.8) is 0 Å². The Labute approximate surface area is 68.5 Å². The summed E-state index contributed by atoms with van der Waals surface area (Å²) in [6.07, 6.45) is 3.54. The van der Waals surface area contributed by atoms with Crippen LogP contribution < -0.4 is 5.90 Å². The van der Waals surface area contributed by atoms with Crippen LogP contribution in [-0.4, -0.2) is 17.3 Å². The number of hydrogen-bond donors (Lipinski definition) is 2. The summed E-state index contributed by atoms with van der Waals surface area (Å²) in [6, 6.07) is 0. The first kappa shape index (κ1) is 10.9. The van der Waals surface area contributed by atoms with Crippen molar-refractivity contribution < 1.29 is 9.94 Å². The van der Waals surface area contributed by atoms with Gasteiger partial charge >= 0.3 is 0 Å². The van der Waals surface area contributed by atoms with E-state index in [0.717, 1.165) is 19.3 Å². The normalized spacial score (nSPS) is 30.5. The molecule has 0 aromatic rings. The molecule has 2 unspecified atom stereocenters. The Kier molecular flexibility index (Phi) is 6.51. The lowest BCUT2D eigenvalue weighted by molar-refractivity contribution is -0.0156. The van der Waals surface area contributed by atoms with Crippen LogP contribution in [0.2, 0.25) is 0 Å². The second-order valence-corrected chi connectivity index (χ2v) is 2.58. The minimum absolute atomic E-state index is 0.0914. The molecule has 3 heteroatoms. The maximum absolute atomic E-state index is 9.08. The second kappa shape index (κ2) is 6.58. The van der Waals surface area contributed by atoms with E-state index in [9.17, 15) is 0 Å². The molecular weight excluding hydrogens is 142 g/mol. The molecule has 2 atom stereocenters. The average molecular weight is 161 g/mol. The molecule has 0 bridgehead atoms. The Hall–Kier alpha value is -0.120. The van der Waals surface area contributed by atoms with Crippen molar-refractivity contribution in [2.24, 2.45) is 5.90 Å². The van der Waals surface area contributed by atoms with Gasteiger partial charge in [-0.1, -0.05) is 13.8 Å². The average Bonchev–Trinajstić information content (AvgIpc) is 2.08. The van der Waals surface area contributed by atoms with E-state index in [4.69, 9.17) is 11.0 Å². The molecule has 0 amide bonds. The van der Waals surface area contributed by atoms with Gasteiger partial charge in [0, 0.05) is 6.42 Å². The summed E-state index contributed by atoms with van der Waals surface area (Å²) >= 11 is 0. The van der Waals surface area contributed by atoms with Gasteiger partial charge in [-0.25, -0.2) is 5.90 Å². The van der Waals surface area contributed by atoms with Gasteiger partial charge in [-0.3, -0.25) is 0 Å². The monoisotopic (exact) mass is 161 g/mol. The highest BCUT2D eigenvalue weighted by atomic mass is 16.6. The maximum Gasteiger partial charge on any atom is 0.0812 e. The van der Waals surface area contributed by atoms with Crippen LogP contribution in [-0.2, 0) is 4.84 Å². The Morgan fingerprint density at radius 2 is 2.00 bits per heavy atom. The summed E-state index contributed by atoms with van der Waals surface area (Å²) in [5.41, 5.74) is 0.